The van der Waals surface area contributed by atoms with E-state index < -0.39 is 11.4 Å². The topological polar surface area (TPSA) is 68.3 Å². The summed E-state index contributed by atoms with van der Waals surface area (Å²) in [5.74, 6) is -0.484. The Labute approximate surface area is 138 Å². The number of anilines is 1. The number of hydrogen-bond donors (Lipinski definition) is 1. The molecule has 1 saturated carbocycles. The number of methoxy groups -OCH3 is 1. The second kappa shape index (κ2) is 6.12. The van der Waals surface area contributed by atoms with Crippen LogP contribution < -0.4 is 5.32 Å². The number of rotatable bonds is 4. The molecule has 1 aliphatic rings. The van der Waals surface area contributed by atoms with Gasteiger partial charge in [-0.2, -0.15) is 0 Å². The molecule has 0 radical (unpaired) electrons. The van der Waals surface area contributed by atoms with Crippen LogP contribution in [0.15, 0.2) is 30.3 Å². The van der Waals surface area contributed by atoms with E-state index in [0.717, 1.165) is 36.2 Å². The fourth-order valence-corrected chi connectivity index (χ4v) is 3.76. The van der Waals surface area contributed by atoms with Crippen LogP contribution in [0.5, 0.6) is 0 Å². The average Bonchev–Trinajstić information content (AvgIpc) is 2.87. The van der Waals surface area contributed by atoms with Crippen molar-refractivity contribution in [2.45, 2.75) is 31.6 Å². The van der Waals surface area contributed by atoms with Crippen LogP contribution in [0.4, 0.5) is 5.13 Å². The van der Waals surface area contributed by atoms with Gasteiger partial charge in [0.05, 0.1) is 18.2 Å². The molecule has 2 aromatic rings. The monoisotopic (exact) mass is 330 g/mol. The second-order valence-electron chi connectivity index (χ2n) is 5.68. The number of nitrogens with one attached hydrogen (secondary N) is 1. The van der Waals surface area contributed by atoms with Gasteiger partial charge in [0, 0.05) is 0 Å². The van der Waals surface area contributed by atoms with E-state index in [0.29, 0.717) is 15.7 Å². The minimum absolute atomic E-state index is 0.0554. The summed E-state index contributed by atoms with van der Waals surface area (Å²) in [5.41, 5.74) is 1.12. The molecule has 23 heavy (non-hydrogen) atoms. The van der Waals surface area contributed by atoms with Gasteiger partial charge in [0.1, 0.15) is 4.88 Å². The van der Waals surface area contributed by atoms with Gasteiger partial charge in [0.2, 0.25) is 5.91 Å². The zero-order chi connectivity index (χ0) is 16.4. The van der Waals surface area contributed by atoms with Crippen LogP contribution in [-0.2, 0) is 14.9 Å². The van der Waals surface area contributed by atoms with Gasteiger partial charge in [-0.05, 0) is 25.3 Å². The molecule has 0 bridgehead atoms. The SMILES string of the molecule is COC(=O)c1sc(NC(=O)C2(c3ccccc3)CCC2)nc1C. The van der Waals surface area contributed by atoms with Gasteiger partial charge < -0.3 is 10.1 Å². The Morgan fingerprint density at radius 1 is 1.26 bits per heavy atom. The Hall–Kier alpha value is -2.21. The molecule has 0 atom stereocenters. The number of nitrogens with zero attached hydrogens (tertiary/aromatic N) is 1. The fraction of sp³-hybridized carbons (Fsp3) is 0.353. The summed E-state index contributed by atoms with van der Waals surface area (Å²) in [6.45, 7) is 1.73. The van der Waals surface area contributed by atoms with Crippen molar-refractivity contribution in [3.63, 3.8) is 0 Å². The van der Waals surface area contributed by atoms with Gasteiger partial charge in [0.25, 0.3) is 0 Å². The molecule has 0 unspecified atom stereocenters. The molecule has 0 spiro atoms. The Morgan fingerprint density at radius 3 is 2.52 bits per heavy atom. The van der Waals surface area contributed by atoms with Crippen molar-refractivity contribution in [2.75, 3.05) is 12.4 Å². The maximum Gasteiger partial charge on any atom is 0.350 e. The molecule has 120 valence electrons. The van der Waals surface area contributed by atoms with Gasteiger partial charge >= 0.3 is 5.97 Å². The van der Waals surface area contributed by atoms with Crippen LogP contribution in [0.25, 0.3) is 0 Å². The molecular formula is C17H18N2O3S. The largest absolute Gasteiger partial charge is 0.465 e. The lowest BCUT2D eigenvalue weighted by atomic mass is 9.64. The second-order valence-corrected chi connectivity index (χ2v) is 6.68. The number of aromatic nitrogens is 1. The Morgan fingerprint density at radius 2 is 1.96 bits per heavy atom. The lowest BCUT2D eigenvalue weighted by molar-refractivity contribution is -0.124. The highest BCUT2D eigenvalue weighted by atomic mass is 32.1. The molecule has 0 saturated heterocycles. The van der Waals surface area contributed by atoms with Crippen LogP contribution in [0.1, 0.15) is 40.2 Å². The molecule has 1 aliphatic carbocycles. The molecular weight excluding hydrogens is 312 g/mol. The third-order valence-electron chi connectivity index (χ3n) is 4.36. The molecule has 3 rings (SSSR count). The number of aryl methyl sites for hydroxylation is 1. The summed E-state index contributed by atoms with van der Waals surface area (Å²) in [5, 5.41) is 3.32. The average molecular weight is 330 g/mol. The summed E-state index contributed by atoms with van der Waals surface area (Å²) in [6, 6.07) is 9.83. The predicted molar refractivity (Wildman–Crippen MR) is 88.8 cm³/mol. The summed E-state index contributed by atoms with van der Waals surface area (Å²) >= 11 is 1.15. The van der Waals surface area contributed by atoms with E-state index in [1.165, 1.54) is 7.11 Å². The van der Waals surface area contributed by atoms with E-state index in [9.17, 15) is 9.59 Å². The molecule has 1 amide bonds. The number of ether oxygens (including phenoxy) is 1. The van der Waals surface area contributed by atoms with Crippen LogP contribution in [0.3, 0.4) is 0 Å². The van der Waals surface area contributed by atoms with Crippen molar-refractivity contribution >= 4 is 28.3 Å². The zero-order valence-electron chi connectivity index (χ0n) is 13.1. The normalized spacial score (nSPS) is 15.6. The van der Waals surface area contributed by atoms with E-state index in [1.54, 1.807) is 6.92 Å². The van der Waals surface area contributed by atoms with E-state index in [4.69, 9.17) is 4.74 Å². The number of carbonyl (C=O) groups is 2. The van der Waals surface area contributed by atoms with Crippen molar-refractivity contribution in [1.82, 2.24) is 4.98 Å². The lowest BCUT2D eigenvalue weighted by Gasteiger charge is -2.40. The van der Waals surface area contributed by atoms with Crippen molar-refractivity contribution in [3.8, 4) is 0 Å². The standard InChI is InChI=1S/C17H18N2O3S/c1-11-13(14(20)22-2)23-16(18-11)19-15(21)17(9-6-10-17)12-7-4-3-5-8-12/h3-5,7-8H,6,9-10H2,1-2H3,(H,18,19,21). The van der Waals surface area contributed by atoms with Crippen molar-refractivity contribution in [1.29, 1.82) is 0 Å². The minimum atomic E-state index is -0.480. The van der Waals surface area contributed by atoms with E-state index in [-0.39, 0.29) is 5.91 Å². The minimum Gasteiger partial charge on any atom is -0.465 e. The molecule has 1 aromatic carbocycles. The number of thiazole rings is 1. The molecule has 1 heterocycles. The predicted octanol–water partition coefficient (Wildman–Crippen LogP) is 3.30. The van der Waals surface area contributed by atoms with Gasteiger partial charge in [-0.1, -0.05) is 48.1 Å². The quantitative estimate of drug-likeness (QED) is 0.873. The highest BCUT2D eigenvalue weighted by Gasteiger charge is 2.45. The van der Waals surface area contributed by atoms with Crippen molar-refractivity contribution in [2.24, 2.45) is 0 Å². The molecule has 0 aliphatic heterocycles. The smallest absolute Gasteiger partial charge is 0.350 e. The Kier molecular flexibility index (Phi) is 4.17. The van der Waals surface area contributed by atoms with Crippen molar-refractivity contribution < 1.29 is 14.3 Å². The van der Waals surface area contributed by atoms with Crippen LogP contribution in [0, 0.1) is 6.92 Å². The van der Waals surface area contributed by atoms with Gasteiger partial charge in [-0.3, -0.25) is 4.79 Å². The van der Waals surface area contributed by atoms with Crippen LogP contribution >= 0.6 is 11.3 Å². The van der Waals surface area contributed by atoms with E-state index >= 15 is 0 Å². The highest BCUT2D eigenvalue weighted by Crippen LogP contribution is 2.44. The maximum absolute atomic E-state index is 12.8. The van der Waals surface area contributed by atoms with Crippen molar-refractivity contribution in [3.05, 3.63) is 46.5 Å². The van der Waals surface area contributed by atoms with Gasteiger partial charge in [0.15, 0.2) is 5.13 Å². The van der Waals surface area contributed by atoms with Gasteiger partial charge in [-0.25, -0.2) is 9.78 Å². The lowest BCUT2D eigenvalue weighted by Crippen LogP contribution is -2.45. The van der Waals surface area contributed by atoms with Crippen LogP contribution in [0.2, 0.25) is 0 Å². The number of carbonyl (C=O) groups excluding carboxylic acids is 2. The number of benzene rings is 1. The zero-order valence-corrected chi connectivity index (χ0v) is 13.9. The maximum atomic E-state index is 12.8. The molecule has 5 nitrogen and oxygen atoms in total. The molecule has 1 aromatic heterocycles. The number of esters is 1. The fourth-order valence-electron chi connectivity index (χ4n) is 2.88. The molecule has 6 heteroatoms. The number of amides is 1. The van der Waals surface area contributed by atoms with Crippen LogP contribution in [-0.4, -0.2) is 24.0 Å². The first-order valence-electron chi connectivity index (χ1n) is 7.49. The third kappa shape index (κ3) is 2.74. The first kappa shape index (κ1) is 15.7. The third-order valence-corrected chi connectivity index (χ3v) is 5.41. The van der Waals surface area contributed by atoms with E-state index in [1.807, 2.05) is 30.3 Å². The summed E-state index contributed by atoms with van der Waals surface area (Å²) in [6.07, 6.45) is 2.70. The van der Waals surface area contributed by atoms with E-state index in [2.05, 4.69) is 10.3 Å². The summed E-state index contributed by atoms with van der Waals surface area (Å²) in [7, 11) is 1.33. The first-order chi connectivity index (χ1) is 11.1. The number of hydrogen-bond acceptors (Lipinski definition) is 5. The van der Waals surface area contributed by atoms with Gasteiger partial charge in [-0.15, -0.1) is 0 Å². The molecule has 1 fully saturated rings. The molecule has 1 N–H and O–H groups in total. The first-order valence-corrected chi connectivity index (χ1v) is 8.31. The highest BCUT2D eigenvalue weighted by molar-refractivity contribution is 7.17. The summed E-state index contributed by atoms with van der Waals surface area (Å²) in [4.78, 5) is 29.2. The Balaban J connectivity index is 1.83. The Bertz CT molecular complexity index is 736. The summed E-state index contributed by atoms with van der Waals surface area (Å²) < 4.78 is 4.72.